The Labute approximate surface area is 226 Å². The summed E-state index contributed by atoms with van der Waals surface area (Å²) in [7, 11) is 0. The van der Waals surface area contributed by atoms with E-state index in [0.717, 1.165) is 0 Å². The van der Waals surface area contributed by atoms with Crippen LogP contribution < -0.4 is 0 Å². The van der Waals surface area contributed by atoms with Gasteiger partial charge in [0.05, 0.1) is 21.6 Å². The lowest BCUT2D eigenvalue weighted by Crippen LogP contribution is -2.23. The molecular weight excluding hydrogens is 480 g/mol. The third-order valence-electron chi connectivity index (χ3n) is 8.14. The lowest BCUT2D eigenvalue weighted by atomic mass is 9.77. The highest BCUT2D eigenvalue weighted by molar-refractivity contribution is 7.99. The first-order chi connectivity index (χ1) is 18.6. The van der Waals surface area contributed by atoms with Gasteiger partial charge in [-0.25, -0.2) is 0 Å². The van der Waals surface area contributed by atoms with E-state index in [-0.39, 0.29) is 5.41 Å². The molecule has 1 aliphatic rings. The van der Waals surface area contributed by atoms with Gasteiger partial charge in [-0.1, -0.05) is 111 Å². The number of nitrogens with zero attached hydrogens (tertiary/aromatic N) is 2. The minimum absolute atomic E-state index is 0.132. The van der Waals surface area contributed by atoms with Gasteiger partial charge in [-0.05, 0) is 42.0 Å². The lowest BCUT2D eigenvalue weighted by Gasteiger charge is -2.33. The Morgan fingerprint density at radius 3 is 1.87 bits per heavy atom. The van der Waals surface area contributed by atoms with Crippen LogP contribution in [0.1, 0.15) is 25.0 Å². The van der Waals surface area contributed by atoms with E-state index in [2.05, 4.69) is 144 Å². The van der Waals surface area contributed by atoms with Crippen LogP contribution in [0.5, 0.6) is 0 Å². The van der Waals surface area contributed by atoms with Gasteiger partial charge in [-0.15, -0.1) is 0 Å². The third-order valence-corrected chi connectivity index (χ3v) is 9.30. The first-order valence-corrected chi connectivity index (χ1v) is 14.0. The molecule has 38 heavy (non-hydrogen) atoms. The average Bonchev–Trinajstić information content (AvgIpc) is 3.47. The predicted molar refractivity (Wildman–Crippen MR) is 160 cm³/mol. The summed E-state index contributed by atoms with van der Waals surface area (Å²) < 4.78 is 4.98. The van der Waals surface area contributed by atoms with E-state index in [0.29, 0.717) is 0 Å². The fourth-order valence-electron chi connectivity index (χ4n) is 6.48. The minimum atomic E-state index is -0.132. The van der Waals surface area contributed by atoms with Crippen LogP contribution >= 0.6 is 11.8 Å². The molecule has 1 aliphatic heterocycles. The van der Waals surface area contributed by atoms with Gasteiger partial charge in [0.1, 0.15) is 0 Å². The second-order valence-electron chi connectivity index (χ2n) is 10.6. The predicted octanol–water partition coefficient (Wildman–Crippen LogP) is 9.52. The molecule has 0 amide bonds. The van der Waals surface area contributed by atoms with Gasteiger partial charge in [0.2, 0.25) is 0 Å². The maximum absolute atomic E-state index is 2.52. The maximum atomic E-state index is 2.52. The van der Waals surface area contributed by atoms with Crippen LogP contribution in [0.15, 0.2) is 131 Å². The molecule has 0 aliphatic carbocycles. The minimum Gasteiger partial charge on any atom is -0.307 e. The second kappa shape index (κ2) is 7.89. The van der Waals surface area contributed by atoms with Crippen molar-refractivity contribution in [1.82, 2.24) is 9.13 Å². The number of benzene rings is 5. The Balaban J connectivity index is 1.63. The first kappa shape index (κ1) is 21.8. The van der Waals surface area contributed by atoms with Crippen LogP contribution in [0.3, 0.4) is 0 Å². The number of hydrogen-bond donors (Lipinski definition) is 0. The van der Waals surface area contributed by atoms with Crippen molar-refractivity contribution < 1.29 is 0 Å². The zero-order chi connectivity index (χ0) is 25.4. The fourth-order valence-corrected chi connectivity index (χ4v) is 8.02. The molecule has 0 fully saturated rings. The average molecular weight is 507 g/mol. The van der Waals surface area contributed by atoms with Gasteiger partial charge in [-0.3, -0.25) is 0 Å². The molecule has 0 saturated heterocycles. The van der Waals surface area contributed by atoms with Gasteiger partial charge < -0.3 is 9.13 Å². The SMILES string of the molecule is CC1(C)c2ccccc2Sc2c1c1ccc3c4ccccc4n(-c4ccccc4)c3c1n2-c1ccccc1. The number of fused-ring (bicyclic) bond motifs is 8. The summed E-state index contributed by atoms with van der Waals surface area (Å²) in [4.78, 5) is 1.34. The standard InChI is InChI=1S/C35H26N2S/c1-35(2)28-18-10-12-20-30(28)38-34-31(35)27-22-21-26-25-17-9-11-19-29(25)36(23-13-5-3-6-14-23)32(26)33(27)37(34)24-15-7-4-8-16-24/h3-22H,1-2H3. The van der Waals surface area contributed by atoms with Crippen molar-refractivity contribution in [1.29, 1.82) is 0 Å². The van der Waals surface area contributed by atoms with Gasteiger partial charge >= 0.3 is 0 Å². The van der Waals surface area contributed by atoms with Gasteiger partial charge in [0, 0.05) is 43.4 Å². The highest BCUT2D eigenvalue weighted by atomic mass is 32.2. The Morgan fingerprint density at radius 2 is 1.11 bits per heavy atom. The first-order valence-electron chi connectivity index (χ1n) is 13.1. The van der Waals surface area contributed by atoms with Crippen LogP contribution in [0.25, 0.3) is 44.1 Å². The Kier molecular flexibility index (Phi) is 4.54. The highest BCUT2D eigenvalue weighted by Crippen LogP contribution is 2.54. The summed E-state index contributed by atoms with van der Waals surface area (Å²) in [5.74, 6) is 0. The molecule has 0 saturated carbocycles. The van der Waals surface area contributed by atoms with E-state index >= 15 is 0 Å². The maximum Gasteiger partial charge on any atom is 0.0896 e. The van der Waals surface area contributed by atoms with Gasteiger partial charge in [-0.2, -0.15) is 0 Å². The zero-order valence-corrected chi connectivity index (χ0v) is 22.2. The summed E-state index contributed by atoms with van der Waals surface area (Å²) >= 11 is 1.90. The van der Waals surface area contributed by atoms with E-state index in [1.54, 1.807) is 0 Å². The quantitative estimate of drug-likeness (QED) is 0.227. The van der Waals surface area contributed by atoms with Gasteiger partial charge in [0.15, 0.2) is 0 Å². The molecule has 3 heteroatoms. The van der Waals surface area contributed by atoms with Crippen molar-refractivity contribution in [3.8, 4) is 11.4 Å². The number of rotatable bonds is 2. The van der Waals surface area contributed by atoms with Crippen molar-refractivity contribution in [2.45, 2.75) is 29.2 Å². The number of hydrogen-bond acceptors (Lipinski definition) is 1. The van der Waals surface area contributed by atoms with E-state index in [1.165, 1.54) is 65.1 Å². The monoisotopic (exact) mass is 506 g/mol. The highest BCUT2D eigenvalue weighted by Gasteiger charge is 2.38. The molecular formula is C35H26N2S. The second-order valence-corrected chi connectivity index (χ2v) is 11.7. The Bertz CT molecular complexity index is 2010. The molecule has 0 unspecified atom stereocenters. The largest absolute Gasteiger partial charge is 0.307 e. The molecule has 0 bridgehead atoms. The van der Waals surface area contributed by atoms with Crippen molar-refractivity contribution in [2.75, 3.05) is 0 Å². The fraction of sp³-hybridized carbons (Fsp3) is 0.0857. The summed E-state index contributed by atoms with van der Waals surface area (Å²) in [5.41, 5.74) is 8.81. The molecule has 0 radical (unpaired) electrons. The molecule has 7 aromatic rings. The van der Waals surface area contributed by atoms with Crippen LogP contribution in [0.4, 0.5) is 0 Å². The summed E-state index contributed by atoms with van der Waals surface area (Å²) in [6.07, 6.45) is 0. The summed E-state index contributed by atoms with van der Waals surface area (Å²) in [5, 5.41) is 5.20. The number of aromatic nitrogens is 2. The molecule has 0 spiro atoms. The summed E-state index contributed by atoms with van der Waals surface area (Å²) in [6, 6.07) is 44.1. The van der Waals surface area contributed by atoms with Crippen LogP contribution in [-0.4, -0.2) is 9.13 Å². The van der Waals surface area contributed by atoms with Crippen LogP contribution in [0, 0.1) is 0 Å². The third kappa shape index (κ3) is 2.85. The molecule has 3 heterocycles. The van der Waals surface area contributed by atoms with E-state index in [1.807, 2.05) is 11.8 Å². The topological polar surface area (TPSA) is 9.86 Å². The zero-order valence-electron chi connectivity index (χ0n) is 21.3. The van der Waals surface area contributed by atoms with Crippen LogP contribution in [0.2, 0.25) is 0 Å². The van der Waals surface area contributed by atoms with E-state index in [9.17, 15) is 0 Å². The van der Waals surface area contributed by atoms with Crippen LogP contribution in [-0.2, 0) is 5.41 Å². The molecule has 8 rings (SSSR count). The smallest absolute Gasteiger partial charge is 0.0896 e. The normalized spacial score (nSPS) is 14.2. The molecule has 0 atom stereocenters. The number of para-hydroxylation sites is 3. The van der Waals surface area contributed by atoms with Crippen molar-refractivity contribution in [3.63, 3.8) is 0 Å². The van der Waals surface area contributed by atoms with Crippen molar-refractivity contribution in [3.05, 3.63) is 132 Å². The molecule has 2 nitrogen and oxygen atoms in total. The molecule has 0 N–H and O–H groups in total. The summed E-state index contributed by atoms with van der Waals surface area (Å²) in [6.45, 7) is 4.77. The molecule has 182 valence electrons. The molecule has 5 aromatic carbocycles. The van der Waals surface area contributed by atoms with E-state index < -0.39 is 0 Å². The van der Waals surface area contributed by atoms with Gasteiger partial charge in [0.25, 0.3) is 0 Å². The van der Waals surface area contributed by atoms with E-state index in [4.69, 9.17) is 0 Å². The Hall–Kier alpha value is -4.21. The lowest BCUT2D eigenvalue weighted by molar-refractivity contribution is 0.606. The van der Waals surface area contributed by atoms with Crippen molar-refractivity contribution in [2.24, 2.45) is 0 Å². The molecule has 2 aromatic heterocycles. The van der Waals surface area contributed by atoms with Crippen molar-refractivity contribution >= 4 is 44.5 Å². The Morgan fingerprint density at radius 1 is 0.526 bits per heavy atom.